The van der Waals surface area contributed by atoms with Gasteiger partial charge in [-0.05, 0) is 42.7 Å². The third-order valence-electron chi connectivity index (χ3n) is 3.82. The summed E-state index contributed by atoms with van der Waals surface area (Å²) in [5, 5.41) is 4.25. The van der Waals surface area contributed by atoms with Crippen LogP contribution in [-0.4, -0.2) is 38.1 Å². The fourth-order valence-corrected chi connectivity index (χ4v) is 2.63. The van der Waals surface area contributed by atoms with Gasteiger partial charge in [-0.15, -0.1) is 0 Å². The van der Waals surface area contributed by atoms with Crippen molar-refractivity contribution in [3.05, 3.63) is 47.8 Å². The predicted molar refractivity (Wildman–Crippen MR) is 90.1 cm³/mol. The van der Waals surface area contributed by atoms with Crippen LogP contribution in [0.3, 0.4) is 0 Å². The van der Waals surface area contributed by atoms with Crippen LogP contribution in [-0.2, 0) is 11.3 Å². The highest BCUT2D eigenvalue weighted by atomic mass is 16.6. The molecule has 0 saturated carbocycles. The highest BCUT2D eigenvalue weighted by Crippen LogP contribution is 2.35. The average Bonchev–Trinajstić information content (AvgIpc) is 3.03. The summed E-state index contributed by atoms with van der Waals surface area (Å²) in [6.45, 7) is 0.814. The van der Waals surface area contributed by atoms with E-state index >= 15 is 0 Å². The number of aromatic nitrogens is 1. The van der Waals surface area contributed by atoms with Gasteiger partial charge in [0.05, 0.1) is 19.9 Å². The first kappa shape index (κ1) is 16.1. The summed E-state index contributed by atoms with van der Waals surface area (Å²) in [7, 11) is 3.27. The van der Waals surface area contributed by atoms with E-state index < -0.39 is 0 Å². The molecule has 0 amide bonds. The van der Waals surface area contributed by atoms with Crippen LogP contribution in [0.1, 0.15) is 17.5 Å². The Morgan fingerprint density at radius 1 is 1.00 bits per heavy atom. The molecule has 0 aliphatic heterocycles. The van der Waals surface area contributed by atoms with Crippen LogP contribution >= 0.6 is 0 Å². The van der Waals surface area contributed by atoms with Crippen molar-refractivity contribution in [2.45, 2.75) is 12.8 Å². The maximum Gasteiger partial charge on any atom is 0.161 e. The van der Waals surface area contributed by atoms with Crippen LogP contribution in [0.5, 0.6) is 17.2 Å². The molecule has 0 atom stereocenters. The first-order valence-corrected chi connectivity index (χ1v) is 7.78. The zero-order valence-corrected chi connectivity index (χ0v) is 13.8. The highest BCUT2D eigenvalue weighted by Gasteiger charge is 2.21. The van der Waals surface area contributed by atoms with Crippen LogP contribution in [0.15, 0.2) is 41.8 Å². The van der Waals surface area contributed by atoms with E-state index in [9.17, 15) is 0 Å². The molecule has 6 nitrogen and oxygen atoms in total. The van der Waals surface area contributed by atoms with Gasteiger partial charge < -0.3 is 19.0 Å². The van der Waals surface area contributed by atoms with E-state index in [0.717, 1.165) is 35.6 Å². The Balaban J connectivity index is 1.58. The number of ether oxygens (including phenoxy) is 3. The van der Waals surface area contributed by atoms with Gasteiger partial charge in [0.25, 0.3) is 0 Å². The van der Waals surface area contributed by atoms with Crippen molar-refractivity contribution < 1.29 is 19.0 Å². The quantitative estimate of drug-likeness (QED) is 0.578. The van der Waals surface area contributed by atoms with E-state index in [2.05, 4.69) is 10.1 Å². The van der Waals surface area contributed by atoms with Crippen molar-refractivity contribution in [2.75, 3.05) is 27.4 Å². The van der Waals surface area contributed by atoms with Gasteiger partial charge in [0.2, 0.25) is 0 Å². The Morgan fingerprint density at radius 3 is 2.50 bits per heavy atom. The standard InChI is InChI=1S/C18H20N2O4/c1-21-17-11-13-3-4-16(15(13)12-18(17)22-2)20-24-10-9-23-14-5-7-19-8-6-14/h5-8,11-12H,3-4,9-10H2,1-2H3/b20-16+. The second-order valence-electron chi connectivity index (χ2n) is 5.27. The van der Waals surface area contributed by atoms with Gasteiger partial charge in [0.15, 0.2) is 18.1 Å². The topological polar surface area (TPSA) is 62.2 Å². The molecule has 2 aromatic rings. The minimum absolute atomic E-state index is 0.383. The van der Waals surface area contributed by atoms with Gasteiger partial charge >= 0.3 is 0 Å². The third kappa shape index (κ3) is 3.59. The molecule has 0 unspecified atom stereocenters. The van der Waals surface area contributed by atoms with Crippen LogP contribution < -0.4 is 14.2 Å². The minimum atomic E-state index is 0.383. The van der Waals surface area contributed by atoms with E-state index in [0.29, 0.717) is 19.0 Å². The summed E-state index contributed by atoms with van der Waals surface area (Å²) in [6, 6.07) is 7.57. The third-order valence-corrected chi connectivity index (χ3v) is 3.82. The maximum absolute atomic E-state index is 5.54. The molecule has 0 radical (unpaired) electrons. The Hall–Kier alpha value is -2.76. The monoisotopic (exact) mass is 328 g/mol. The SMILES string of the molecule is COc1cc2c(cc1OC)/C(=N/OCCOc1ccncc1)CC2. The number of rotatable bonds is 7. The first-order valence-electron chi connectivity index (χ1n) is 7.78. The van der Waals surface area contributed by atoms with Crippen LogP contribution in [0.25, 0.3) is 0 Å². The number of fused-ring (bicyclic) bond motifs is 1. The number of pyridine rings is 1. The van der Waals surface area contributed by atoms with Gasteiger partial charge in [0, 0.05) is 18.0 Å². The van der Waals surface area contributed by atoms with E-state index in [-0.39, 0.29) is 0 Å². The molecule has 126 valence electrons. The lowest BCUT2D eigenvalue weighted by Gasteiger charge is -2.10. The lowest BCUT2D eigenvalue weighted by Crippen LogP contribution is -2.06. The van der Waals surface area contributed by atoms with E-state index in [1.807, 2.05) is 12.1 Å². The molecule has 1 heterocycles. The van der Waals surface area contributed by atoms with Gasteiger partial charge in [-0.1, -0.05) is 5.16 Å². The lowest BCUT2D eigenvalue weighted by molar-refractivity contribution is 0.107. The normalized spacial score (nSPS) is 14.3. The lowest BCUT2D eigenvalue weighted by atomic mass is 10.1. The molecule has 1 aromatic carbocycles. The minimum Gasteiger partial charge on any atom is -0.493 e. The summed E-state index contributed by atoms with van der Waals surface area (Å²) in [5.74, 6) is 2.21. The molecule has 1 aliphatic carbocycles. The van der Waals surface area contributed by atoms with Crippen molar-refractivity contribution in [1.29, 1.82) is 0 Å². The molecule has 6 heteroatoms. The van der Waals surface area contributed by atoms with Crippen molar-refractivity contribution in [3.8, 4) is 17.2 Å². The molecular formula is C18H20N2O4. The molecule has 1 aromatic heterocycles. The molecule has 0 bridgehead atoms. The fourth-order valence-electron chi connectivity index (χ4n) is 2.63. The molecular weight excluding hydrogens is 308 g/mol. The Labute approximate surface area is 141 Å². The van der Waals surface area contributed by atoms with Crippen LogP contribution in [0.2, 0.25) is 0 Å². The zero-order chi connectivity index (χ0) is 16.8. The predicted octanol–water partition coefficient (Wildman–Crippen LogP) is 2.84. The molecule has 0 fully saturated rings. The maximum atomic E-state index is 5.54. The number of benzene rings is 1. The average molecular weight is 328 g/mol. The van der Waals surface area contributed by atoms with Crippen molar-refractivity contribution in [1.82, 2.24) is 4.98 Å². The smallest absolute Gasteiger partial charge is 0.161 e. The molecule has 1 aliphatic rings. The van der Waals surface area contributed by atoms with E-state index in [1.54, 1.807) is 38.7 Å². The van der Waals surface area contributed by atoms with Gasteiger partial charge in [-0.3, -0.25) is 4.98 Å². The van der Waals surface area contributed by atoms with Gasteiger partial charge in [-0.2, -0.15) is 0 Å². The first-order chi connectivity index (χ1) is 11.8. The highest BCUT2D eigenvalue weighted by molar-refractivity contribution is 6.04. The molecule has 0 spiro atoms. The van der Waals surface area contributed by atoms with Crippen LogP contribution in [0, 0.1) is 0 Å². The summed E-state index contributed by atoms with van der Waals surface area (Å²) >= 11 is 0. The Bertz CT molecular complexity index is 716. The molecule has 3 rings (SSSR count). The summed E-state index contributed by atoms with van der Waals surface area (Å²) in [6.07, 6.45) is 5.14. The van der Waals surface area contributed by atoms with Gasteiger partial charge in [0.1, 0.15) is 12.4 Å². The molecule has 0 saturated heterocycles. The van der Waals surface area contributed by atoms with Crippen molar-refractivity contribution >= 4 is 5.71 Å². The zero-order valence-electron chi connectivity index (χ0n) is 13.8. The Kier molecular flexibility index (Phi) is 5.15. The number of hydrogen-bond donors (Lipinski definition) is 0. The van der Waals surface area contributed by atoms with E-state index in [1.165, 1.54) is 5.56 Å². The van der Waals surface area contributed by atoms with Crippen molar-refractivity contribution in [2.24, 2.45) is 5.16 Å². The largest absolute Gasteiger partial charge is 0.493 e. The van der Waals surface area contributed by atoms with Crippen LogP contribution in [0.4, 0.5) is 0 Å². The summed E-state index contributed by atoms with van der Waals surface area (Å²) < 4.78 is 16.2. The number of oxime groups is 1. The summed E-state index contributed by atoms with van der Waals surface area (Å²) in [4.78, 5) is 9.34. The molecule has 0 N–H and O–H groups in total. The summed E-state index contributed by atoms with van der Waals surface area (Å²) in [5.41, 5.74) is 3.18. The number of aryl methyl sites for hydroxylation is 1. The second-order valence-corrected chi connectivity index (χ2v) is 5.27. The van der Waals surface area contributed by atoms with Crippen molar-refractivity contribution in [3.63, 3.8) is 0 Å². The van der Waals surface area contributed by atoms with Gasteiger partial charge in [-0.25, -0.2) is 0 Å². The second kappa shape index (κ2) is 7.68. The van der Waals surface area contributed by atoms with E-state index in [4.69, 9.17) is 19.0 Å². The number of hydrogen-bond acceptors (Lipinski definition) is 6. The number of methoxy groups -OCH3 is 2. The fraction of sp³-hybridized carbons (Fsp3) is 0.333. The Morgan fingerprint density at radius 2 is 1.75 bits per heavy atom. The number of nitrogens with zero attached hydrogens (tertiary/aromatic N) is 2. The molecule has 24 heavy (non-hydrogen) atoms.